The Morgan fingerprint density at radius 2 is 2.17 bits per heavy atom. The van der Waals surface area contributed by atoms with Crippen molar-refractivity contribution in [1.29, 1.82) is 0 Å². The van der Waals surface area contributed by atoms with E-state index in [1.54, 1.807) is 17.1 Å². The molecular weight excluding hydrogens is 226 g/mol. The highest BCUT2D eigenvalue weighted by Gasteiger charge is 2.39. The molecule has 1 N–H and O–H groups in total. The number of nitrogens with zero attached hydrogens (tertiary/aromatic N) is 2. The maximum Gasteiger partial charge on any atom is 0.241 e. The fourth-order valence-corrected chi connectivity index (χ4v) is 2.22. The maximum atomic E-state index is 11.8. The van der Waals surface area contributed by atoms with Gasteiger partial charge in [0.25, 0.3) is 0 Å². The smallest absolute Gasteiger partial charge is 0.241 e. The topological polar surface area (TPSA) is 46.9 Å². The van der Waals surface area contributed by atoms with Crippen molar-refractivity contribution in [2.75, 3.05) is 0 Å². The highest BCUT2D eigenvalue weighted by molar-refractivity contribution is 5.76. The molecule has 3 rings (SSSR count). The summed E-state index contributed by atoms with van der Waals surface area (Å²) in [5.41, 5.74) is 1.31. The molecule has 4 nitrogen and oxygen atoms in total. The third kappa shape index (κ3) is 2.42. The molecule has 0 saturated heterocycles. The van der Waals surface area contributed by atoms with Crippen molar-refractivity contribution < 1.29 is 4.79 Å². The van der Waals surface area contributed by atoms with Crippen molar-refractivity contribution in [2.45, 2.75) is 24.9 Å². The summed E-state index contributed by atoms with van der Waals surface area (Å²) >= 11 is 0. The maximum absolute atomic E-state index is 11.8. The zero-order valence-electron chi connectivity index (χ0n) is 9.99. The average molecular weight is 241 g/mol. The van der Waals surface area contributed by atoms with Crippen LogP contribution < -0.4 is 5.32 Å². The van der Waals surface area contributed by atoms with E-state index in [-0.39, 0.29) is 11.9 Å². The average Bonchev–Trinajstić information content (AvgIpc) is 2.95. The second-order valence-corrected chi connectivity index (χ2v) is 4.63. The number of rotatable bonds is 4. The first-order valence-electron chi connectivity index (χ1n) is 6.14. The number of carbonyl (C=O) groups is 1. The lowest BCUT2D eigenvalue weighted by Crippen LogP contribution is -2.30. The monoisotopic (exact) mass is 241 g/mol. The molecule has 18 heavy (non-hydrogen) atoms. The second kappa shape index (κ2) is 4.64. The minimum absolute atomic E-state index is 0.0298. The minimum atomic E-state index is 0.0298. The van der Waals surface area contributed by atoms with Gasteiger partial charge >= 0.3 is 0 Å². The second-order valence-electron chi connectivity index (χ2n) is 4.63. The molecule has 0 spiro atoms. The van der Waals surface area contributed by atoms with E-state index in [0.29, 0.717) is 12.5 Å². The molecule has 0 aliphatic heterocycles. The van der Waals surface area contributed by atoms with Crippen LogP contribution in [0.3, 0.4) is 0 Å². The predicted molar refractivity (Wildman–Crippen MR) is 68.0 cm³/mol. The van der Waals surface area contributed by atoms with Crippen LogP contribution in [0.1, 0.15) is 17.9 Å². The van der Waals surface area contributed by atoms with Crippen LogP contribution in [0.4, 0.5) is 0 Å². The van der Waals surface area contributed by atoms with Gasteiger partial charge in [-0.1, -0.05) is 30.3 Å². The van der Waals surface area contributed by atoms with Gasteiger partial charge < -0.3 is 5.32 Å². The van der Waals surface area contributed by atoms with E-state index >= 15 is 0 Å². The molecule has 1 aliphatic rings. The summed E-state index contributed by atoms with van der Waals surface area (Å²) in [6.45, 7) is 0.297. The number of amides is 1. The molecule has 1 fully saturated rings. The summed E-state index contributed by atoms with van der Waals surface area (Å²) in [5, 5.41) is 7.06. The number of hydrogen-bond donors (Lipinski definition) is 1. The predicted octanol–water partition coefficient (Wildman–Crippen LogP) is 1.56. The highest BCUT2D eigenvalue weighted by Crippen LogP contribution is 2.40. The van der Waals surface area contributed by atoms with E-state index in [1.165, 1.54) is 5.56 Å². The summed E-state index contributed by atoms with van der Waals surface area (Å²) < 4.78 is 1.63. The van der Waals surface area contributed by atoms with Gasteiger partial charge in [-0.25, -0.2) is 0 Å². The number of carbonyl (C=O) groups excluding carboxylic acids is 1. The largest absolute Gasteiger partial charge is 0.351 e. The van der Waals surface area contributed by atoms with Gasteiger partial charge in [-0.05, 0) is 18.1 Å². The summed E-state index contributed by atoms with van der Waals surface area (Å²) in [5.74, 6) is 0.509. The Balaban J connectivity index is 1.52. The van der Waals surface area contributed by atoms with Gasteiger partial charge in [-0.15, -0.1) is 0 Å². The van der Waals surface area contributed by atoms with Crippen molar-refractivity contribution in [3.63, 3.8) is 0 Å². The number of hydrogen-bond acceptors (Lipinski definition) is 2. The van der Waals surface area contributed by atoms with Crippen molar-refractivity contribution in [1.82, 2.24) is 15.1 Å². The molecule has 2 atom stereocenters. The zero-order valence-corrected chi connectivity index (χ0v) is 9.99. The Morgan fingerprint density at radius 1 is 1.33 bits per heavy atom. The first kappa shape index (κ1) is 11.0. The van der Waals surface area contributed by atoms with Crippen LogP contribution in [0.2, 0.25) is 0 Å². The fraction of sp³-hybridized carbons (Fsp3) is 0.286. The summed E-state index contributed by atoms with van der Waals surface area (Å²) in [6.07, 6.45) is 4.51. The summed E-state index contributed by atoms with van der Waals surface area (Å²) in [4.78, 5) is 11.8. The molecule has 1 aromatic carbocycles. The molecule has 0 unspecified atom stereocenters. The lowest BCUT2D eigenvalue weighted by atomic mass is 10.1. The standard InChI is InChI=1S/C14H15N3O/c18-14(10-17-8-4-7-15-17)16-13-9-12(13)11-5-2-1-3-6-11/h1-8,12-13H,9-10H2,(H,16,18)/t12-,13+/m1/s1. The first-order chi connectivity index (χ1) is 8.83. The van der Waals surface area contributed by atoms with Crippen LogP contribution in [0, 0.1) is 0 Å². The highest BCUT2D eigenvalue weighted by atomic mass is 16.2. The van der Waals surface area contributed by atoms with E-state index in [2.05, 4.69) is 22.5 Å². The Hall–Kier alpha value is -2.10. The van der Waals surface area contributed by atoms with E-state index in [9.17, 15) is 4.79 Å². The molecule has 0 bridgehead atoms. The number of nitrogens with one attached hydrogen (secondary N) is 1. The van der Waals surface area contributed by atoms with E-state index in [1.807, 2.05) is 24.3 Å². The van der Waals surface area contributed by atoms with Gasteiger partial charge in [0.2, 0.25) is 5.91 Å². The van der Waals surface area contributed by atoms with Crippen LogP contribution in [-0.4, -0.2) is 21.7 Å². The van der Waals surface area contributed by atoms with Crippen molar-refractivity contribution in [3.05, 3.63) is 54.4 Å². The van der Waals surface area contributed by atoms with Crippen LogP contribution in [-0.2, 0) is 11.3 Å². The van der Waals surface area contributed by atoms with Crippen LogP contribution in [0.25, 0.3) is 0 Å². The third-order valence-corrected chi connectivity index (χ3v) is 3.23. The quantitative estimate of drug-likeness (QED) is 0.883. The van der Waals surface area contributed by atoms with Crippen LogP contribution >= 0.6 is 0 Å². The third-order valence-electron chi connectivity index (χ3n) is 3.23. The van der Waals surface area contributed by atoms with E-state index < -0.39 is 0 Å². The Morgan fingerprint density at radius 3 is 2.89 bits per heavy atom. The minimum Gasteiger partial charge on any atom is -0.351 e. The number of benzene rings is 1. The molecule has 1 saturated carbocycles. The van der Waals surface area contributed by atoms with Gasteiger partial charge in [-0.2, -0.15) is 5.10 Å². The van der Waals surface area contributed by atoms with Gasteiger partial charge in [0.15, 0.2) is 0 Å². The molecule has 92 valence electrons. The van der Waals surface area contributed by atoms with Crippen LogP contribution in [0.15, 0.2) is 48.8 Å². The Bertz CT molecular complexity index is 521. The molecular formula is C14H15N3O. The van der Waals surface area contributed by atoms with Crippen molar-refractivity contribution in [2.24, 2.45) is 0 Å². The Labute approximate surface area is 106 Å². The van der Waals surface area contributed by atoms with Gasteiger partial charge in [0.1, 0.15) is 6.54 Å². The summed E-state index contributed by atoms with van der Waals surface area (Å²) in [7, 11) is 0. The molecule has 2 aromatic rings. The Kier molecular flexibility index (Phi) is 2.84. The molecule has 4 heteroatoms. The molecule has 0 radical (unpaired) electrons. The van der Waals surface area contributed by atoms with Crippen molar-refractivity contribution in [3.8, 4) is 0 Å². The molecule has 1 amide bonds. The summed E-state index contributed by atoms with van der Waals surface area (Å²) in [6, 6.07) is 12.4. The van der Waals surface area contributed by atoms with Crippen LogP contribution in [0.5, 0.6) is 0 Å². The molecule has 1 heterocycles. The van der Waals surface area contributed by atoms with E-state index in [0.717, 1.165) is 6.42 Å². The fourth-order valence-electron chi connectivity index (χ4n) is 2.22. The SMILES string of the molecule is O=C(Cn1cccn1)N[C@H]1C[C@@H]1c1ccccc1. The first-order valence-corrected chi connectivity index (χ1v) is 6.14. The van der Waals surface area contributed by atoms with Crippen molar-refractivity contribution >= 4 is 5.91 Å². The molecule has 1 aromatic heterocycles. The lowest BCUT2D eigenvalue weighted by molar-refractivity contribution is -0.122. The number of aromatic nitrogens is 2. The lowest BCUT2D eigenvalue weighted by Gasteiger charge is -2.05. The van der Waals surface area contributed by atoms with Gasteiger partial charge in [0.05, 0.1) is 0 Å². The van der Waals surface area contributed by atoms with Gasteiger partial charge in [-0.3, -0.25) is 9.48 Å². The normalized spacial score (nSPS) is 21.6. The zero-order chi connectivity index (χ0) is 12.4. The van der Waals surface area contributed by atoms with Gasteiger partial charge in [0, 0.05) is 24.4 Å². The molecule has 1 aliphatic carbocycles. The van der Waals surface area contributed by atoms with E-state index in [4.69, 9.17) is 0 Å².